The molecular weight excluding hydrogens is 294 g/mol. The summed E-state index contributed by atoms with van der Waals surface area (Å²) in [5, 5.41) is 4.38. The Hall–Kier alpha value is -2.26. The van der Waals surface area contributed by atoms with Crippen molar-refractivity contribution in [3.8, 4) is 0 Å². The van der Waals surface area contributed by atoms with Gasteiger partial charge in [-0.3, -0.25) is 0 Å². The fourth-order valence-corrected chi connectivity index (χ4v) is 3.49. The number of allylic oxidation sites excluding steroid dienone is 1. The summed E-state index contributed by atoms with van der Waals surface area (Å²) in [5.74, 6) is 0. The first-order chi connectivity index (χ1) is 11.5. The zero-order valence-electron chi connectivity index (χ0n) is 15.4. The third-order valence-electron chi connectivity index (χ3n) is 4.94. The molecular formula is C21H27N3. The molecule has 0 bridgehead atoms. The van der Waals surface area contributed by atoms with Crippen molar-refractivity contribution in [3.63, 3.8) is 0 Å². The number of rotatable bonds is 3. The van der Waals surface area contributed by atoms with Crippen molar-refractivity contribution >= 4 is 17.0 Å². The molecule has 0 N–H and O–H groups in total. The van der Waals surface area contributed by atoms with Crippen LogP contribution in [0.3, 0.4) is 0 Å². The van der Waals surface area contributed by atoms with Crippen molar-refractivity contribution in [1.29, 1.82) is 0 Å². The standard InChI is InChI=1S/C21H27N3/c1-6-24-15-17-11-7-8-12-18(17)16(2)21(23(5)22(3)4)19-13-9-10-14-20(19)24/h7-14H,6,15H2,1-5H3/b21-16+. The summed E-state index contributed by atoms with van der Waals surface area (Å²) in [6.07, 6.45) is 0. The molecule has 2 aromatic carbocycles. The average molecular weight is 321 g/mol. The normalized spacial score (nSPS) is 17.2. The molecule has 0 atom stereocenters. The van der Waals surface area contributed by atoms with Gasteiger partial charge in [0.1, 0.15) is 0 Å². The van der Waals surface area contributed by atoms with Gasteiger partial charge in [0.25, 0.3) is 0 Å². The van der Waals surface area contributed by atoms with Crippen LogP contribution in [0.5, 0.6) is 0 Å². The maximum Gasteiger partial charge on any atom is 0.0647 e. The number of anilines is 1. The maximum absolute atomic E-state index is 2.46. The van der Waals surface area contributed by atoms with E-state index in [1.807, 2.05) is 0 Å². The van der Waals surface area contributed by atoms with E-state index in [0.29, 0.717) is 0 Å². The Bertz CT molecular complexity index is 761. The van der Waals surface area contributed by atoms with Crippen LogP contribution in [0.2, 0.25) is 0 Å². The quantitative estimate of drug-likeness (QED) is 0.779. The molecule has 1 aliphatic rings. The van der Waals surface area contributed by atoms with Crippen LogP contribution in [-0.4, -0.2) is 37.7 Å². The Morgan fingerprint density at radius 1 is 0.917 bits per heavy atom. The Kier molecular flexibility index (Phi) is 4.63. The topological polar surface area (TPSA) is 9.72 Å². The average Bonchev–Trinajstić information content (AvgIpc) is 2.59. The van der Waals surface area contributed by atoms with E-state index in [0.717, 1.165) is 13.1 Å². The van der Waals surface area contributed by atoms with Gasteiger partial charge in [-0.1, -0.05) is 42.5 Å². The molecule has 0 fully saturated rings. The zero-order chi connectivity index (χ0) is 17.3. The van der Waals surface area contributed by atoms with Gasteiger partial charge in [-0.05, 0) is 36.6 Å². The lowest BCUT2D eigenvalue weighted by Crippen LogP contribution is -2.34. The van der Waals surface area contributed by atoms with Gasteiger partial charge in [-0.25, -0.2) is 5.01 Å². The molecule has 3 nitrogen and oxygen atoms in total. The second-order valence-electron chi connectivity index (χ2n) is 6.53. The fourth-order valence-electron chi connectivity index (χ4n) is 3.49. The first-order valence-corrected chi connectivity index (χ1v) is 8.59. The fraction of sp³-hybridized carbons (Fsp3) is 0.333. The van der Waals surface area contributed by atoms with Gasteiger partial charge in [-0.15, -0.1) is 0 Å². The second kappa shape index (κ2) is 6.70. The number of hydrogen-bond donors (Lipinski definition) is 0. The SMILES string of the molecule is CCN1Cc2ccccc2/C(C)=C(/N(C)N(C)C)c2ccccc21. The van der Waals surface area contributed by atoms with E-state index in [1.165, 1.54) is 33.6 Å². The lowest BCUT2D eigenvalue weighted by molar-refractivity contribution is 0.131. The molecule has 0 spiro atoms. The summed E-state index contributed by atoms with van der Waals surface area (Å²) in [6, 6.07) is 17.5. The van der Waals surface area contributed by atoms with E-state index >= 15 is 0 Å². The van der Waals surface area contributed by atoms with Gasteiger partial charge in [0, 0.05) is 45.5 Å². The highest BCUT2D eigenvalue weighted by atomic mass is 15.6. The van der Waals surface area contributed by atoms with Crippen molar-refractivity contribution in [1.82, 2.24) is 10.0 Å². The van der Waals surface area contributed by atoms with Crippen LogP contribution in [0.4, 0.5) is 5.69 Å². The van der Waals surface area contributed by atoms with Gasteiger partial charge < -0.3 is 9.91 Å². The highest BCUT2D eigenvalue weighted by Gasteiger charge is 2.23. The van der Waals surface area contributed by atoms with Crippen molar-refractivity contribution in [2.45, 2.75) is 20.4 Å². The van der Waals surface area contributed by atoms with Crippen molar-refractivity contribution in [2.75, 3.05) is 32.6 Å². The lowest BCUT2D eigenvalue weighted by Gasteiger charge is -2.36. The van der Waals surface area contributed by atoms with Gasteiger partial charge in [0.05, 0.1) is 5.70 Å². The molecule has 0 radical (unpaired) electrons. The molecule has 0 saturated carbocycles. The lowest BCUT2D eigenvalue weighted by atomic mass is 9.92. The molecule has 3 heteroatoms. The van der Waals surface area contributed by atoms with Crippen molar-refractivity contribution in [3.05, 3.63) is 65.2 Å². The van der Waals surface area contributed by atoms with E-state index in [-0.39, 0.29) is 0 Å². The molecule has 0 aromatic heterocycles. The van der Waals surface area contributed by atoms with Gasteiger partial charge in [-0.2, -0.15) is 0 Å². The van der Waals surface area contributed by atoms with Gasteiger partial charge in [0.15, 0.2) is 0 Å². The van der Waals surface area contributed by atoms with E-state index in [9.17, 15) is 0 Å². The molecule has 24 heavy (non-hydrogen) atoms. The molecule has 0 aliphatic carbocycles. The Morgan fingerprint density at radius 2 is 1.54 bits per heavy atom. The van der Waals surface area contributed by atoms with Crippen LogP contribution < -0.4 is 4.90 Å². The van der Waals surface area contributed by atoms with Crippen LogP contribution in [0, 0.1) is 0 Å². The third-order valence-corrected chi connectivity index (χ3v) is 4.94. The molecule has 0 amide bonds. The first kappa shape index (κ1) is 16.6. The van der Waals surface area contributed by atoms with Gasteiger partial charge >= 0.3 is 0 Å². The summed E-state index contributed by atoms with van der Waals surface area (Å²) in [7, 11) is 6.31. The minimum absolute atomic E-state index is 0.944. The highest BCUT2D eigenvalue weighted by molar-refractivity contribution is 5.94. The molecule has 3 rings (SSSR count). The van der Waals surface area contributed by atoms with Gasteiger partial charge in [0.2, 0.25) is 0 Å². The van der Waals surface area contributed by atoms with Crippen LogP contribution in [0.1, 0.15) is 30.5 Å². The second-order valence-corrected chi connectivity index (χ2v) is 6.53. The summed E-state index contributed by atoms with van der Waals surface area (Å²) >= 11 is 0. The number of hydrazine groups is 1. The van der Waals surface area contributed by atoms with E-state index in [4.69, 9.17) is 0 Å². The number of nitrogens with zero attached hydrogens (tertiary/aromatic N) is 3. The highest BCUT2D eigenvalue weighted by Crippen LogP contribution is 2.38. The predicted molar refractivity (Wildman–Crippen MR) is 104 cm³/mol. The van der Waals surface area contributed by atoms with Crippen molar-refractivity contribution in [2.24, 2.45) is 0 Å². The smallest absolute Gasteiger partial charge is 0.0647 e. The number of benzene rings is 2. The van der Waals surface area contributed by atoms with E-state index in [2.05, 4.69) is 98.4 Å². The first-order valence-electron chi connectivity index (χ1n) is 8.59. The summed E-state index contributed by atoms with van der Waals surface area (Å²) in [5.41, 5.74) is 7.91. The summed E-state index contributed by atoms with van der Waals surface area (Å²) in [4.78, 5) is 2.46. The van der Waals surface area contributed by atoms with Crippen LogP contribution in [0.25, 0.3) is 11.3 Å². The molecule has 1 aliphatic heterocycles. The number of fused-ring (bicyclic) bond motifs is 2. The largest absolute Gasteiger partial charge is 0.367 e. The summed E-state index contributed by atoms with van der Waals surface area (Å²) in [6.45, 7) is 6.41. The molecule has 2 aromatic rings. The van der Waals surface area contributed by atoms with Crippen LogP contribution in [-0.2, 0) is 6.54 Å². The van der Waals surface area contributed by atoms with E-state index in [1.54, 1.807) is 0 Å². The minimum atomic E-state index is 0.944. The molecule has 0 saturated heterocycles. The minimum Gasteiger partial charge on any atom is -0.367 e. The van der Waals surface area contributed by atoms with E-state index < -0.39 is 0 Å². The van der Waals surface area contributed by atoms with Crippen molar-refractivity contribution < 1.29 is 0 Å². The predicted octanol–water partition coefficient (Wildman–Crippen LogP) is 4.32. The number of para-hydroxylation sites is 1. The summed E-state index contributed by atoms with van der Waals surface area (Å²) < 4.78 is 0. The Labute approximate surface area is 145 Å². The maximum atomic E-state index is 2.46. The molecule has 126 valence electrons. The third kappa shape index (κ3) is 2.80. The monoisotopic (exact) mass is 321 g/mol. The van der Waals surface area contributed by atoms with Crippen LogP contribution >= 0.6 is 0 Å². The number of hydrogen-bond acceptors (Lipinski definition) is 3. The molecule has 0 unspecified atom stereocenters. The molecule has 1 heterocycles. The van der Waals surface area contributed by atoms with Crippen LogP contribution in [0.15, 0.2) is 48.5 Å². The Balaban J connectivity index is 2.34. The zero-order valence-corrected chi connectivity index (χ0v) is 15.4. The Morgan fingerprint density at radius 3 is 2.21 bits per heavy atom.